The van der Waals surface area contributed by atoms with Crippen LogP contribution in [0.2, 0.25) is 0 Å². The van der Waals surface area contributed by atoms with E-state index in [-0.39, 0.29) is 6.42 Å². The fraction of sp³-hybridized carbons (Fsp3) is 0.231. The maximum Gasteiger partial charge on any atom is 0.251 e. The molecule has 3 N–H and O–H groups in total. The Morgan fingerprint density at radius 1 is 1.36 bits per heavy atom. The molecule has 1 aromatic carbocycles. The maximum absolute atomic E-state index is 11.9. The number of carbonyl (C=O) groups is 3. The molecule has 1 saturated heterocycles. The highest BCUT2D eigenvalue weighted by Gasteiger charge is 2.34. The van der Waals surface area contributed by atoms with Gasteiger partial charge in [-0.3, -0.25) is 25.2 Å². The topological polar surface area (TPSA) is 109 Å². The maximum atomic E-state index is 11.9. The van der Waals surface area contributed by atoms with Crippen molar-refractivity contribution in [3.8, 4) is 5.75 Å². The van der Waals surface area contributed by atoms with Gasteiger partial charge in [-0.15, -0.1) is 0 Å². The number of methoxy groups -OCH3 is 1. The Kier molecular flexibility index (Phi) is 3.63. The van der Waals surface area contributed by atoms with Crippen LogP contribution < -0.4 is 20.9 Å². The molecule has 0 spiro atoms. The number of nitrogens with one attached hydrogen (secondary N) is 3. The van der Waals surface area contributed by atoms with Crippen molar-refractivity contribution in [2.45, 2.75) is 6.42 Å². The Balaban J connectivity index is 1.71. The van der Waals surface area contributed by atoms with Gasteiger partial charge in [-0.25, -0.2) is 4.98 Å². The first-order valence-corrected chi connectivity index (χ1v) is 7.22. The standard InChI is InChI=1S/C13H12N4O4S/c1-21-6-2-3-8-9(4-6)22-13(14-8)15-10(18)5-7-11(19)16-17-12(7)20/h2-4,7H,5H2,1H3,(H,16,19)(H,17,20)(H,14,15,18). The minimum absolute atomic E-state index is 0.225. The molecule has 0 saturated carbocycles. The van der Waals surface area contributed by atoms with Crippen molar-refractivity contribution in [1.29, 1.82) is 0 Å². The molecule has 0 unspecified atom stereocenters. The van der Waals surface area contributed by atoms with E-state index < -0.39 is 23.6 Å². The van der Waals surface area contributed by atoms with Gasteiger partial charge in [0.1, 0.15) is 11.7 Å². The quantitative estimate of drug-likeness (QED) is 0.707. The number of fused-ring (bicyclic) bond motifs is 1. The van der Waals surface area contributed by atoms with Crippen LogP contribution in [0.15, 0.2) is 18.2 Å². The third kappa shape index (κ3) is 2.70. The third-order valence-corrected chi connectivity index (χ3v) is 4.11. The number of anilines is 1. The van der Waals surface area contributed by atoms with Crippen molar-refractivity contribution in [3.05, 3.63) is 18.2 Å². The van der Waals surface area contributed by atoms with Crippen LogP contribution in [0.1, 0.15) is 6.42 Å². The molecule has 8 nitrogen and oxygen atoms in total. The average Bonchev–Trinajstić information content (AvgIpc) is 3.03. The zero-order valence-corrected chi connectivity index (χ0v) is 12.3. The van der Waals surface area contributed by atoms with Crippen LogP contribution in [0.25, 0.3) is 10.2 Å². The zero-order chi connectivity index (χ0) is 15.7. The molecule has 2 aromatic rings. The largest absolute Gasteiger partial charge is 0.497 e. The van der Waals surface area contributed by atoms with Gasteiger partial charge >= 0.3 is 0 Å². The molecule has 22 heavy (non-hydrogen) atoms. The summed E-state index contributed by atoms with van der Waals surface area (Å²) in [7, 11) is 1.57. The van der Waals surface area contributed by atoms with E-state index in [9.17, 15) is 14.4 Å². The highest BCUT2D eigenvalue weighted by molar-refractivity contribution is 7.22. The lowest BCUT2D eigenvalue weighted by atomic mass is 10.1. The molecule has 0 aliphatic carbocycles. The molecule has 0 bridgehead atoms. The predicted molar refractivity (Wildman–Crippen MR) is 79.2 cm³/mol. The second-order valence-corrected chi connectivity index (χ2v) is 5.67. The monoisotopic (exact) mass is 320 g/mol. The lowest BCUT2D eigenvalue weighted by Crippen LogP contribution is -2.28. The van der Waals surface area contributed by atoms with Gasteiger partial charge in [0.2, 0.25) is 5.91 Å². The van der Waals surface area contributed by atoms with Gasteiger partial charge in [0.25, 0.3) is 11.8 Å². The summed E-state index contributed by atoms with van der Waals surface area (Å²) in [6, 6.07) is 5.39. The predicted octanol–water partition coefficient (Wildman–Crippen LogP) is 0.411. The fourth-order valence-corrected chi connectivity index (χ4v) is 2.95. The number of hydrogen-bond donors (Lipinski definition) is 3. The normalized spacial score (nSPS) is 14.8. The molecule has 1 fully saturated rings. The van der Waals surface area contributed by atoms with Gasteiger partial charge in [-0.05, 0) is 18.2 Å². The van der Waals surface area contributed by atoms with Crippen LogP contribution in [0.3, 0.4) is 0 Å². The van der Waals surface area contributed by atoms with Crippen LogP contribution in [0.5, 0.6) is 5.75 Å². The summed E-state index contributed by atoms with van der Waals surface area (Å²) in [5.74, 6) is -1.76. The van der Waals surface area contributed by atoms with E-state index in [1.54, 1.807) is 19.2 Å². The SMILES string of the molecule is COc1ccc2nc(NC(=O)CC3C(=O)NNC3=O)sc2c1. The van der Waals surface area contributed by atoms with E-state index in [1.807, 2.05) is 6.07 Å². The van der Waals surface area contributed by atoms with Crippen LogP contribution in [0.4, 0.5) is 5.13 Å². The second kappa shape index (κ2) is 5.60. The van der Waals surface area contributed by atoms with E-state index in [4.69, 9.17) is 4.74 Å². The van der Waals surface area contributed by atoms with E-state index in [0.29, 0.717) is 10.9 Å². The van der Waals surface area contributed by atoms with Gasteiger partial charge in [-0.2, -0.15) is 0 Å². The molecule has 1 aromatic heterocycles. The molecule has 1 aliphatic heterocycles. The summed E-state index contributed by atoms with van der Waals surface area (Å²) >= 11 is 1.29. The Hall–Kier alpha value is -2.68. The van der Waals surface area contributed by atoms with Crippen LogP contribution >= 0.6 is 11.3 Å². The van der Waals surface area contributed by atoms with Crippen molar-refractivity contribution in [2.75, 3.05) is 12.4 Å². The van der Waals surface area contributed by atoms with Gasteiger partial charge < -0.3 is 10.1 Å². The van der Waals surface area contributed by atoms with E-state index in [1.165, 1.54) is 11.3 Å². The van der Waals surface area contributed by atoms with Crippen molar-refractivity contribution >= 4 is 44.4 Å². The number of nitrogens with zero attached hydrogens (tertiary/aromatic N) is 1. The molecule has 1 aliphatic rings. The Labute approximate surface area is 128 Å². The zero-order valence-electron chi connectivity index (χ0n) is 11.5. The molecular formula is C13H12N4O4S. The van der Waals surface area contributed by atoms with Crippen molar-refractivity contribution < 1.29 is 19.1 Å². The first kappa shape index (κ1) is 14.3. The average molecular weight is 320 g/mol. The number of benzene rings is 1. The molecule has 3 rings (SSSR count). The number of aromatic nitrogens is 1. The lowest BCUT2D eigenvalue weighted by Gasteiger charge is -2.03. The minimum Gasteiger partial charge on any atom is -0.497 e. The number of amides is 3. The van der Waals surface area contributed by atoms with E-state index in [0.717, 1.165) is 10.2 Å². The summed E-state index contributed by atoms with van der Waals surface area (Å²) in [4.78, 5) is 39.0. The van der Waals surface area contributed by atoms with E-state index >= 15 is 0 Å². The second-order valence-electron chi connectivity index (χ2n) is 4.64. The number of hydrogen-bond acceptors (Lipinski definition) is 6. The minimum atomic E-state index is -1.01. The first-order chi connectivity index (χ1) is 10.6. The van der Waals surface area contributed by atoms with Gasteiger partial charge in [0.15, 0.2) is 5.13 Å². The Morgan fingerprint density at radius 3 is 2.77 bits per heavy atom. The summed E-state index contributed by atoms with van der Waals surface area (Å²) in [6.07, 6.45) is -0.225. The first-order valence-electron chi connectivity index (χ1n) is 6.41. The fourth-order valence-electron chi connectivity index (χ4n) is 2.04. The summed E-state index contributed by atoms with van der Waals surface area (Å²) in [5.41, 5.74) is 5.09. The van der Waals surface area contributed by atoms with Gasteiger partial charge in [0, 0.05) is 6.42 Å². The third-order valence-electron chi connectivity index (χ3n) is 3.17. The van der Waals surface area contributed by atoms with E-state index in [2.05, 4.69) is 21.2 Å². The van der Waals surface area contributed by atoms with Crippen LogP contribution in [-0.2, 0) is 14.4 Å². The molecular weight excluding hydrogens is 308 g/mol. The van der Waals surface area contributed by atoms with Crippen LogP contribution in [-0.4, -0.2) is 29.8 Å². The number of hydrazine groups is 1. The molecule has 9 heteroatoms. The van der Waals surface area contributed by atoms with Crippen molar-refractivity contribution in [3.63, 3.8) is 0 Å². The molecule has 3 amide bonds. The van der Waals surface area contributed by atoms with Crippen molar-refractivity contribution in [2.24, 2.45) is 5.92 Å². The highest BCUT2D eigenvalue weighted by atomic mass is 32.1. The summed E-state index contributed by atoms with van der Waals surface area (Å²) in [6.45, 7) is 0. The van der Waals surface area contributed by atoms with Crippen molar-refractivity contribution in [1.82, 2.24) is 15.8 Å². The Morgan fingerprint density at radius 2 is 2.09 bits per heavy atom. The molecule has 0 radical (unpaired) electrons. The Bertz CT molecular complexity index is 756. The number of carbonyl (C=O) groups excluding carboxylic acids is 3. The molecule has 2 heterocycles. The van der Waals surface area contributed by atoms with Gasteiger partial charge in [-0.1, -0.05) is 11.3 Å². The number of ether oxygens (including phenoxy) is 1. The number of rotatable bonds is 4. The molecule has 0 atom stereocenters. The highest BCUT2D eigenvalue weighted by Crippen LogP contribution is 2.29. The van der Waals surface area contributed by atoms with Crippen LogP contribution in [0, 0.1) is 5.92 Å². The smallest absolute Gasteiger partial charge is 0.251 e. The lowest BCUT2D eigenvalue weighted by molar-refractivity contribution is -0.131. The molecule has 114 valence electrons. The number of thiazole rings is 1. The van der Waals surface area contributed by atoms with Gasteiger partial charge in [0.05, 0.1) is 17.3 Å². The summed E-state index contributed by atoms with van der Waals surface area (Å²) in [5, 5.41) is 3.01. The summed E-state index contributed by atoms with van der Waals surface area (Å²) < 4.78 is 5.99.